The maximum atomic E-state index is 6.14. The number of halogens is 1. The van der Waals surface area contributed by atoms with Crippen LogP contribution in [-0.2, 0) is 0 Å². The van der Waals surface area contributed by atoms with Crippen LogP contribution in [0.1, 0.15) is 6.42 Å². The Labute approximate surface area is 101 Å². The molecule has 2 rings (SSSR count). The third-order valence-corrected chi connectivity index (χ3v) is 3.25. The highest BCUT2D eigenvalue weighted by Gasteiger charge is 2.19. The Bertz CT molecular complexity index is 370. The van der Waals surface area contributed by atoms with Crippen LogP contribution in [0, 0.1) is 0 Å². The van der Waals surface area contributed by atoms with Crippen LogP contribution in [0.25, 0.3) is 0 Å². The number of hydrogen-bond donors (Lipinski definition) is 1. The molecule has 1 fully saturated rings. The smallest absolute Gasteiger partial charge is 0.121 e. The molecule has 1 aromatic carbocycles. The van der Waals surface area contributed by atoms with Crippen molar-refractivity contribution in [2.24, 2.45) is 0 Å². The third kappa shape index (κ3) is 2.60. The fourth-order valence-electron chi connectivity index (χ4n) is 2.01. The van der Waals surface area contributed by atoms with Crippen LogP contribution in [0.15, 0.2) is 18.2 Å². The second-order valence-corrected chi connectivity index (χ2v) is 4.65. The number of rotatable bonds is 3. The van der Waals surface area contributed by atoms with Crippen LogP contribution < -0.4 is 10.1 Å². The molecule has 1 saturated heterocycles. The molecular formula is C12H17ClN2O. The maximum absolute atomic E-state index is 6.14. The zero-order valence-electron chi connectivity index (χ0n) is 9.66. The Hall–Kier alpha value is -0.930. The molecule has 16 heavy (non-hydrogen) atoms. The van der Waals surface area contributed by atoms with E-state index < -0.39 is 0 Å². The topological polar surface area (TPSA) is 24.5 Å². The van der Waals surface area contributed by atoms with Gasteiger partial charge in [-0.1, -0.05) is 11.6 Å². The molecule has 4 heteroatoms. The largest absolute Gasteiger partial charge is 0.497 e. The van der Waals surface area contributed by atoms with Gasteiger partial charge in [0.25, 0.3) is 0 Å². The second kappa shape index (κ2) is 4.93. The Kier molecular flexibility index (Phi) is 3.56. The summed E-state index contributed by atoms with van der Waals surface area (Å²) in [7, 11) is 3.80. The number of nitrogens with zero attached hydrogens (tertiary/aromatic N) is 1. The summed E-state index contributed by atoms with van der Waals surface area (Å²) in [5.41, 5.74) is 0.960. The van der Waals surface area contributed by atoms with Crippen molar-refractivity contribution in [2.45, 2.75) is 12.5 Å². The van der Waals surface area contributed by atoms with Crippen molar-refractivity contribution >= 4 is 17.3 Å². The fraction of sp³-hybridized carbons (Fsp3) is 0.500. The number of hydrogen-bond acceptors (Lipinski definition) is 3. The summed E-state index contributed by atoms with van der Waals surface area (Å²) in [4.78, 5) is 2.31. The number of ether oxygens (including phenoxy) is 1. The van der Waals surface area contributed by atoms with Crippen LogP contribution in [-0.4, -0.2) is 38.2 Å². The number of anilines is 1. The molecule has 0 saturated carbocycles. The van der Waals surface area contributed by atoms with Crippen molar-refractivity contribution in [3.05, 3.63) is 23.2 Å². The molecular weight excluding hydrogens is 224 g/mol. The molecule has 0 amide bonds. The molecule has 1 heterocycles. The minimum atomic E-state index is 0.481. The summed E-state index contributed by atoms with van der Waals surface area (Å²) in [6.45, 7) is 2.20. The van der Waals surface area contributed by atoms with E-state index in [1.807, 2.05) is 18.2 Å². The molecule has 88 valence electrons. The summed E-state index contributed by atoms with van der Waals surface area (Å²) >= 11 is 6.14. The monoisotopic (exact) mass is 240 g/mol. The van der Waals surface area contributed by atoms with E-state index >= 15 is 0 Å². The van der Waals surface area contributed by atoms with Crippen LogP contribution in [0.3, 0.4) is 0 Å². The molecule has 0 radical (unpaired) electrons. The standard InChI is InChI=1S/C12H17ClN2O/c1-15-6-5-9(8-15)14-12-7-10(16-2)3-4-11(12)13/h3-4,7,9,14H,5-6,8H2,1-2H3. The molecule has 1 atom stereocenters. The quantitative estimate of drug-likeness (QED) is 0.879. The van der Waals surface area contributed by atoms with Gasteiger partial charge in [-0.15, -0.1) is 0 Å². The first-order chi connectivity index (χ1) is 7.69. The molecule has 1 unspecified atom stereocenters. The molecule has 1 aliphatic rings. The average molecular weight is 241 g/mol. The van der Waals surface area contributed by atoms with E-state index in [0.717, 1.165) is 36.0 Å². The normalized spacial score (nSPS) is 21.1. The van der Waals surface area contributed by atoms with E-state index in [-0.39, 0.29) is 0 Å². The predicted octanol–water partition coefficient (Wildman–Crippen LogP) is 2.46. The lowest BCUT2D eigenvalue weighted by Gasteiger charge is -2.16. The Morgan fingerprint density at radius 3 is 2.94 bits per heavy atom. The average Bonchev–Trinajstić information content (AvgIpc) is 2.67. The van der Waals surface area contributed by atoms with Gasteiger partial charge in [0.1, 0.15) is 5.75 Å². The van der Waals surface area contributed by atoms with Gasteiger partial charge in [-0.3, -0.25) is 0 Å². The molecule has 0 spiro atoms. The van der Waals surface area contributed by atoms with Crippen molar-refractivity contribution < 1.29 is 4.74 Å². The fourth-order valence-corrected chi connectivity index (χ4v) is 2.19. The summed E-state index contributed by atoms with van der Waals surface area (Å²) in [6, 6.07) is 6.16. The molecule has 0 aromatic heterocycles. The SMILES string of the molecule is COc1ccc(Cl)c(NC2CCN(C)C2)c1. The summed E-state index contributed by atoms with van der Waals surface area (Å²) in [6.07, 6.45) is 1.16. The van der Waals surface area contributed by atoms with E-state index in [0.29, 0.717) is 6.04 Å². The zero-order chi connectivity index (χ0) is 11.5. The van der Waals surface area contributed by atoms with Gasteiger partial charge in [-0.05, 0) is 32.1 Å². The van der Waals surface area contributed by atoms with Crippen molar-refractivity contribution in [3.63, 3.8) is 0 Å². The Balaban J connectivity index is 2.08. The first-order valence-electron chi connectivity index (χ1n) is 5.47. The maximum Gasteiger partial charge on any atom is 0.121 e. The highest BCUT2D eigenvalue weighted by Crippen LogP contribution is 2.28. The van der Waals surface area contributed by atoms with Gasteiger partial charge in [-0.2, -0.15) is 0 Å². The van der Waals surface area contributed by atoms with Gasteiger partial charge in [0.05, 0.1) is 17.8 Å². The minimum absolute atomic E-state index is 0.481. The Morgan fingerprint density at radius 1 is 1.50 bits per heavy atom. The van der Waals surface area contributed by atoms with Gasteiger partial charge in [0.15, 0.2) is 0 Å². The van der Waals surface area contributed by atoms with E-state index in [1.165, 1.54) is 0 Å². The number of likely N-dealkylation sites (N-methyl/N-ethyl adjacent to an activating group) is 1. The lowest BCUT2D eigenvalue weighted by Crippen LogP contribution is -2.23. The predicted molar refractivity (Wildman–Crippen MR) is 67.5 cm³/mol. The van der Waals surface area contributed by atoms with Crippen molar-refractivity contribution in [3.8, 4) is 5.75 Å². The van der Waals surface area contributed by atoms with Gasteiger partial charge in [-0.25, -0.2) is 0 Å². The molecule has 1 N–H and O–H groups in total. The van der Waals surface area contributed by atoms with E-state index in [9.17, 15) is 0 Å². The molecule has 1 aromatic rings. The van der Waals surface area contributed by atoms with E-state index in [2.05, 4.69) is 17.3 Å². The molecule has 1 aliphatic heterocycles. The molecule has 3 nitrogen and oxygen atoms in total. The molecule has 0 aliphatic carbocycles. The number of benzene rings is 1. The van der Waals surface area contributed by atoms with Gasteiger partial charge in [0.2, 0.25) is 0 Å². The third-order valence-electron chi connectivity index (χ3n) is 2.92. The zero-order valence-corrected chi connectivity index (χ0v) is 10.4. The van der Waals surface area contributed by atoms with Crippen molar-refractivity contribution in [2.75, 3.05) is 32.6 Å². The minimum Gasteiger partial charge on any atom is -0.497 e. The summed E-state index contributed by atoms with van der Waals surface area (Å²) in [5, 5.41) is 4.21. The van der Waals surface area contributed by atoms with Crippen molar-refractivity contribution in [1.82, 2.24) is 4.90 Å². The van der Waals surface area contributed by atoms with Crippen molar-refractivity contribution in [1.29, 1.82) is 0 Å². The first-order valence-corrected chi connectivity index (χ1v) is 5.85. The summed E-state index contributed by atoms with van der Waals surface area (Å²) in [5.74, 6) is 0.832. The number of likely N-dealkylation sites (tertiary alicyclic amines) is 1. The second-order valence-electron chi connectivity index (χ2n) is 4.24. The lowest BCUT2D eigenvalue weighted by atomic mass is 10.2. The number of methoxy groups -OCH3 is 1. The molecule has 0 bridgehead atoms. The van der Waals surface area contributed by atoms with Gasteiger partial charge >= 0.3 is 0 Å². The van der Waals surface area contributed by atoms with Crippen LogP contribution in [0.2, 0.25) is 5.02 Å². The highest BCUT2D eigenvalue weighted by molar-refractivity contribution is 6.33. The van der Waals surface area contributed by atoms with Crippen LogP contribution >= 0.6 is 11.6 Å². The van der Waals surface area contributed by atoms with E-state index in [4.69, 9.17) is 16.3 Å². The lowest BCUT2D eigenvalue weighted by molar-refractivity contribution is 0.413. The van der Waals surface area contributed by atoms with E-state index in [1.54, 1.807) is 7.11 Å². The Morgan fingerprint density at radius 2 is 2.31 bits per heavy atom. The summed E-state index contributed by atoms with van der Waals surface area (Å²) < 4.78 is 5.19. The van der Waals surface area contributed by atoms with Gasteiger partial charge < -0.3 is 15.0 Å². The first kappa shape index (κ1) is 11.6. The van der Waals surface area contributed by atoms with Crippen LogP contribution in [0.4, 0.5) is 5.69 Å². The van der Waals surface area contributed by atoms with Gasteiger partial charge in [0, 0.05) is 18.7 Å². The number of nitrogens with one attached hydrogen (secondary N) is 1. The van der Waals surface area contributed by atoms with Crippen LogP contribution in [0.5, 0.6) is 5.75 Å². The highest BCUT2D eigenvalue weighted by atomic mass is 35.5.